The second-order valence-electron chi connectivity index (χ2n) is 3.04. The maximum Gasteiger partial charge on any atom is 0.295 e. The van der Waals surface area contributed by atoms with Crippen molar-refractivity contribution in [1.82, 2.24) is 0 Å². The van der Waals surface area contributed by atoms with Gasteiger partial charge in [0.25, 0.3) is 5.91 Å². The van der Waals surface area contributed by atoms with E-state index < -0.39 is 5.91 Å². The molecule has 1 amide bonds. The van der Waals surface area contributed by atoms with Crippen LogP contribution in [-0.2, 0) is 0 Å². The molecule has 4 heteroatoms. The van der Waals surface area contributed by atoms with Gasteiger partial charge in [-0.1, -0.05) is 18.2 Å². The van der Waals surface area contributed by atoms with Crippen LogP contribution in [0.1, 0.15) is 24.2 Å². The lowest BCUT2D eigenvalue weighted by Crippen LogP contribution is -1.92. The molecule has 78 valence electrons. The van der Waals surface area contributed by atoms with Crippen molar-refractivity contribution in [3.63, 3.8) is 0 Å². The molecule has 0 aromatic heterocycles. The molecule has 1 rings (SSSR count). The topological polar surface area (TPSA) is 62.0 Å². The minimum Gasteiger partial charge on any atom is -0.511 e. The van der Waals surface area contributed by atoms with E-state index in [0.29, 0.717) is 11.3 Å². The van der Waals surface area contributed by atoms with Crippen LogP contribution < -0.4 is 0 Å². The van der Waals surface area contributed by atoms with Crippen LogP contribution in [0.15, 0.2) is 52.0 Å². The van der Waals surface area contributed by atoms with E-state index in [1.54, 1.807) is 31.2 Å². The van der Waals surface area contributed by atoms with E-state index in [0.717, 1.165) is 0 Å². The van der Waals surface area contributed by atoms with E-state index >= 15 is 0 Å². The zero-order valence-corrected chi connectivity index (χ0v) is 8.64. The van der Waals surface area contributed by atoms with Crippen molar-refractivity contribution in [2.75, 3.05) is 0 Å². The first kappa shape index (κ1) is 11.1. The normalized spacial score (nSPS) is 12.7. The maximum atomic E-state index is 11.4. The number of hydrogen-bond acceptors (Lipinski definition) is 3. The van der Waals surface area contributed by atoms with Gasteiger partial charge in [-0.3, -0.25) is 4.79 Å². The van der Waals surface area contributed by atoms with Crippen LogP contribution in [0.3, 0.4) is 0 Å². The molecular weight excluding hydrogens is 192 g/mol. The predicted molar refractivity (Wildman–Crippen MR) is 56.6 cm³/mol. The van der Waals surface area contributed by atoms with Crippen molar-refractivity contribution in [2.24, 2.45) is 10.2 Å². The Morgan fingerprint density at radius 1 is 1.13 bits per heavy atom. The van der Waals surface area contributed by atoms with Gasteiger partial charge in [0, 0.05) is 5.56 Å². The fraction of sp³-hybridized carbons (Fsp3) is 0.182. The highest BCUT2D eigenvalue weighted by molar-refractivity contribution is 5.94. The highest BCUT2D eigenvalue weighted by atomic mass is 16.3. The summed E-state index contributed by atoms with van der Waals surface area (Å²) in [6, 6.07) is 8.64. The van der Waals surface area contributed by atoms with Crippen molar-refractivity contribution in [3.05, 3.63) is 47.4 Å². The zero-order valence-electron chi connectivity index (χ0n) is 8.64. The summed E-state index contributed by atoms with van der Waals surface area (Å²) in [5.41, 5.74) is 0.809. The molecular formula is C11H12N2O2. The average Bonchev–Trinajstić information content (AvgIpc) is 2.26. The molecule has 0 aliphatic carbocycles. The lowest BCUT2D eigenvalue weighted by atomic mass is 10.2. The molecule has 0 aliphatic rings. The highest BCUT2D eigenvalue weighted by Crippen LogP contribution is 2.05. The minimum absolute atomic E-state index is 0.0552. The lowest BCUT2D eigenvalue weighted by Gasteiger charge is -1.94. The molecule has 0 heterocycles. The Bertz CT molecular complexity index is 404. The van der Waals surface area contributed by atoms with E-state index in [1.165, 1.54) is 6.92 Å². The van der Waals surface area contributed by atoms with Gasteiger partial charge in [-0.2, -0.15) is 0 Å². The molecule has 1 aromatic rings. The predicted octanol–water partition coefficient (Wildman–Crippen LogP) is 3.09. The smallest absolute Gasteiger partial charge is 0.295 e. The monoisotopic (exact) mass is 204 g/mol. The summed E-state index contributed by atoms with van der Waals surface area (Å²) in [5, 5.41) is 16.1. The maximum absolute atomic E-state index is 11.4. The first-order valence-corrected chi connectivity index (χ1v) is 4.49. The number of rotatable bonds is 2. The summed E-state index contributed by atoms with van der Waals surface area (Å²) in [6.07, 6.45) is 0. The number of azo groups is 1. The van der Waals surface area contributed by atoms with Crippen molar-refractivity contribution < 1.29 is 9.90 Å². The Kier molecular flexibility index (Phi) is 3.74. The van der Waals surface area contributed by atoms with Crippen LogP contribution in [0.5, 0.6) is 0 Å². The Hall–Kier alpha value is -1.97. The second kappa shape index (κ2) is 5.05. The molecule has 0 fully saturated rings. The zero-order chi connectivity index (χ0) is 11.3. The fourth-order valence-electron chi connectivity index (χ4n) is 0.831. The summed E-state index contributed by atoms with van der Waals surface area (Å²) in [5.74, 6) is -0.365. The van der Waals surface area contributed by atoms with Gasteiger partial charge in [-0.05, 0) is 26.0 Å². The summed E-state index contributed by atoms with van der Waals surface area (Å²) in [6.45, 7) is 3.07. The standard InChI is InChI=1S/C11H12N2O2/c1-8(9(2)14)12-13-11(15)10-6-4-3-5-7-10/h3-7,14H,1-2H3/b9-8-,13-12+. The SMILES string of the molecule is C/C(O)=C(C)/N=N/C(=O)c1ccccc1. The molecule has 0 spiro atoms. The first-order valence-electron chi connectivity index (χ1n) is 4.49. The average molecular weight is 204 g/mol. The third kappa shape index (κ3) is 3.34. The number of aliphatic hydroxyl groups is 1. The molecule has 0 aliphatic heterocycles. The molecule has 0 unspecified atom stereocenters. The number of carbonyl (C=O) groups is 1. The van der Waals surface area contributed by atoms with Gasteiger partial charge in [-0.25, -0.2) is 0 Å². The Balaban J connectivity index is 2.78. The molecule has 0 saturated carbocycles. The van der Waals surface area contributed by atoms with Gasteiger partial charge in [0.05, 0.1) is 5.70 Å². The van der Waals surface area contributed by atoms with E-state index in [2.05, 4.69) is 10.2 Å². The van der Waals surface area contributed by atoms with Crippen molar-refractivity contribution in [2.45, 2.75) is 13.8 Å². The van der Waals surface area contributed by atoms with Crippen LogP contribution in [0.4, 0.5) is 0 Å². The van der Waals surface area contributed by atoms with E-state index in [1.807, 2.05) is 6.07 Å². The molecule has 4 nitrogen and oxygen atoms in total. The minimum atomic E-state index is -0.420. The van der Waals surface area contributed by atoms with Gasteiger partial charge in [0.1, 0.15) is 5.76 Å². The molecule has 0 radical (unpaired) electrons. The lowest BCUT2D eigenvalue weighted by molar-refractivity contribution is 0.0994. The molecule has 1 aromatic carbocycles. The van der Waals surface area contributed by atoms with E-state index in [4.69, 9.17) is 5.11 Å². The highest BCUT2D eigenvalue weighted by Gasteiger charge is 2.02. The van der Waals surface area contributed by atoms with Crippen LogP contribution >= 0.6 is 0 Å². The quantitative estimate of drug-likeness (QED) is 0.594. The van der Waals surface area contributed by atoms with Gasteiger partial charge in [0.15, 0.2) is 0 Å². The Labute approximate surface area is 88.0 Å². The number of carbonyl (C=O) groups excluding carboxylic acids is 1. The molecule has 0 saturated heterocycles. The van der Waals surface area contributed by atoms with Gasteiger partial charge < -0.3 is 5.11 Å². The summed E-state index contributed by atoms with van der Waals surface area (Å²) in [4.78, 5) is 11.4. The number of nitrogens with zero attached hydrogens (tertiary/aromatic N) is 2. The number of aliphatic hydroxyl groups excluding tert-OH is 1. The second-order valence-corrected chi connectivity index (χ2v) is 3.04. The van der Waals surface area contributed by atoms with Crippen LogP contribution in [0, 0.1) is 0 Å². The summed E-state index contributed by atoms with van der Waals surface area (Å²) in [7, 11) is 0. The van der Waals surface area contributed by atoms with Crippen molar-refractivity contribution in [1.29, 1.82) is 0 Å². The van der Waals surface area contributed by atoms with Crippen LogP contribution in [0.2, 0.25) is 0 Å². The molecule has 0 atom stereocenters. The third-order valence-corrected chi connectivity index (χ3v) is 1.84. The Morgan fingerprint density at radius 3 is 2.27 bits per heavy atom. The molecule has 0 bridgehead atoms. The van der Waals surface area contributed by atoms with Gasteiger partial charge >= 0.3 is 0 Å². The number of amides is 1. The largest absolute Gasteiger partial charge is 0.511 e. The number of hydrogen-bond donors (Lipinski definition) is 1. The Morgan fingerprint density at radius 2 is 1.73 bits per heavy atom. The van der Waals surface area contributed by atoms with E-state index in [-0.39, 0.29) is 5.76 Å². The summed E-state index contributed by atoms with van der Waals surface area (Å²) < 4.78 is 0. The third-order valence-electron chi connectivity index (χ3n) is 1.84. The van der Waals surface area contributed by atoms with Gasteiger partial charge in [0.2, 0.25) is 0 Å². The number of benzene rings is 1. The summed E-state index contributed by atoms with van der Waals surface area (Å²) >= 11 is 0. The van der Waals surface area contributed by atoms with Crippen molar-refractivity contribution >= 4 is 5.91 Å². The van der Waals surface area contributed by atoms with Crippen LogP contribution in [-0.4, -0.2) is 11.0 Å². The van der Waals surface area contributed by atoms with Gasteiger partial charge in [-0.15, -0.1) is 10.2 Å². The van der Waals surface area contributed by atoms with E-state index in [9.17, 15) is 4.79 Å². The number of allylic oxidation sites excluding steroid dienone is 2. The van der Waals surface area contributed by atoms with Crippen molar-refractivity contribution in [3.8, 4) is 0 Å². The first-order chi connectivity index (χ1) is 7.11. The fourth-order valence-corrected chi connectivity index (χ4v) is 0.831. The van der Waals surface area contributed by atoms with Crippen LogP contribution in [0.25, 0.3) is 0 Å². The molecule has 1 N–H and O–H groups in total. The molecule has 15 heavy (non-hydrogen) atoms.